The van der Waals surface area contributed by atoms with Crippen LogP contribution in [0.2, 0.25) is 5.02 Å². The van der Waals surface area contributed by atoms with E-state index in [0.717, 1.165) is 13.0 Å². The number of hydrogen-bond acceptors (Lipinski definition) is 2. The monoisotopic (exact) mass is 259 g/mol. The van der Waals surface area contributed by atoms with Crippen LogP contribution in [-0.2, 0) is 11.2 Å². The molecule has 1 N–H and O–H groups in total. The zero-order valence-electron chi connectivity index (χ0n) is 10.3. The molecule has 0 bridgehead atoms. The normalized spacial score (nSPS) is 12.7. The van der Waals surface area contributed by atoms with Gasteiger partial charge in [0.2, 0.25) is 0 Å². The van der Waals surface area contributed by atoms with Gasteiger partial charge in [-0.3, -0.25) is 0 Å². The number of likely N-dealkylation sites (N-methyl/N-ethyl adjacent to an activating group) is 1. The topological polar surface area (TPSA) is 21.3 Å². The fourth-order valence-electron chi connectivity index (χ4n) is 1.57. The molecule has 0 amide bonds. The maximum atomic E-state index is 13.6. The molecule has 1 rings (SSSR count). The lowest BCUT2D eigenvalue weighted by Crippen LogP contribution is -2.33. The van der Waals surface area contributed by atoms with Crippen molar-refractivity contribution in [1.29, 1.82) is 0 Å². The molecule has 1 atom stereocenters. The second-order valence-corrected chi connectivity index (χ2v) is 4.44. The van der Waals surface area contributed by atoms with Gasteiger partial charge >= 0.3 is 0 Å². The highest BCUT2D eigenvalue weighted by molar-refractivity contribution is 6.30. The van der Waals surface area contributed by atoms with Gasteiger partial charge in [0.1, 0.15) is 5.82 Å². The van der Waals surface area contributed by atoms with Gasteiger partial charge in [0.15, 0.2) is 0 Å². The molecule has 0 fully saturated rings. The highest BCUT2D eigenvalue weighted by atomic mass is 35.5. The fraction of sp³-hybridized carbons (Fsp3) is 0.538. The minimum absolute atomic E-state index is 0.122. The Kier molecular flexibility index (Phi) is 6.48. The van der Waals surface area contributed by atoms with Crippen molar-refractivity contribution in [3.63, 3.8) is 0 Å². The number of hydrogen-bond donors (Lipinski definition) is 1. The Balaban J connectivity index is 2.54. The van der Waals surface area contributed by atoms with E-state index in [-0.39, 0.29) is 11.9 Å². The third-order valence-electron chi connectivity index (χ3n) is 2.56. The lowest BCUT2D eigenvalue weighted by molar-refractivity contribution is 0.113. The van der Waals surface area contributed by atoms with Gasteiger partial charge in [0, 0.05) is 17.7 Å². The predicted octanol–water partition coefficient (Wildman–Crippen LogP) is 3.04. The molecule has 0 aliphatic heterocycles. The standard InChI is InChI=1S/C13H19ClFNO/c1-3-6-17-9-12(16-2)7-10-4-5-11(14)8-13(10)15/h4-5,8,12,16H,3,6-7,9H2,1-2H3. The van der Waals surface area contributed by atoms with E-state index in [0.29, 0.717) is 23.6 Å². The molecule has 2 nitrogen and oxygen atoms in total. The van der Waals surface area contributed by atoms with Gasteiger partial charge in [0.05, 0.1) is 6.61 Å². The maximum Gasteiger partial charge on any atom is 0.127 e. The van der Waals surface area contributed by atoms with E-state index in [1.165, 1.54) is 6.07 Å². The van der Waals surface area contributed by atoms with Crippen molar-refractivity contribution < 1.29 is 9.13 Å². The maximum absolute atomic E-state index is 13.6. The Bertz CT molecular complexity index is 346. The van der Waals surface area contributed by atoms with Crippen LogP contribution in [0.25, 0.3) is 0 Å². The summed E-state index contributed by atoms with van der Waals surface area (Å²) in [6.45, 7) is 3.39. The summed E-state index contributed by atoms with van der Waals surface area (Å²) < 4.78 is 19.0. The zero-order chi connectivity index (χ0) is 12.7. The largest absolute Gasteiger partial charge is 0.380 e. The molecule has 0 aliphatic rings. The molecular formula is C13H19ClFNO. The van der Waals surface area contributed by atoms with Crippen LogP contribution in [0.3, 0.4) is 0 Å². The Morgan fingerprint density at radius 2 is 2.24 bits per heavy atom. The van der Waals surface area contributed by atoms with Crippen LogP contribution in [0.5, 0.6) is 0 Å². The minimum atomic E-state index is -0.256. The molecule has 17 heavy (non-hydrogen) atoms. The van der Waals surface area contributed by atoms with Crippen LogP contribution in [-0.4, -0.2) is 26.3 Å². The Morgan fingerprint density at radius 3 is 2.82 bits per heavy atom. The molecule has 0 aromatic heterocycles. The SMILES string of the molecule is CCCOCC(Cc1ccc(Cl)cc1F)NC. The first kappa shape index (κ1) is 14.4. The van der Waals surface area contributed by atoms with Gasteiger partial charge < -0.3 is 10.1 Å². The number of rotatable bonds is 7. The third-order valence-corrected chi connectivity index (χ3v) is 2.79. The van der Waals surface area contributed by atoms with Crippen molar-refractivity contribution >= 4 is 11.6 Å². The van der Waals surface area contributed by atoms with Crippen molar-refractivity contribution in [1.82, 2.24) is 5.32 Å². The molecule has 0 saturated heterocycles. The summed E-state index contributed by atoms with van der Waals surface area (Å²) in [6.07, 6.45) is 1.59. The summed E-state index contributed by atoms with van der Waals surface area (Å²) in [7, 11) is 1.85. The van der Waals surface area contributed by atoms with Crippen LogP contribution < -0.4 is 5.32 Å². The van der Waals surface area contributed by atoms with Crippen LogP contribution in [0.1, 0.15) is 18.9 Å². The Hall–Kier alpha value is -0.640. The van der Waals surface area contributed by atoms with E-state index >= 15 is 0 Å². The van der Waals surface area contributed by atoms with E-state index in [1.54, 1.807) is 12.1 Å². The average molecular weight is 260 g/mol. The molecule has 1 aromatic carbocycles. The van der Waals surface area contributed by atoms with Crippen molar-refractivity contribution in [2.45, 2.75) is 25.8 Å². The first-order valence-electron chi connectivity index (χ1n) is 5.86. The highest BCUT2D eigenvalue weighted by Gasteiger charge is 2.11. The van der Waals surface area contributed by atoms with Crippen LogP contribution in [0, 0.1) is 5.82 Å². The number of nitrogens with one attached hydrogen (secondary N) is 1. The van der Waals surface area contributed by atoms with Gasteiger partial charge in [-0.25, -0.2) is 4.39 Å². The molecular weight excluding hydrogens is 241 g/mol. The average Bonchev–Trinajstić information content (AvgIpc) is 2.31. The second-order valence-electron chi connectivity index (χ2n) is 4.00. The summed E-state index contributed by atoms with van der Waals surface area (Å²) in [4.78, 5) is 0. The van der Waals surface area contributed by atoms with E-state index in [4.69, 9.17) is 16.3 Å². The number of benzene rings is 1. The number of ether oxygens (including phenoxy) is 1. The molecule has 96 valence electrons. The van der Waals surface area contributed by atoms with Gasteiger partial charge in [-0.2, -0.15) is 0 Å². The van der Waals surface area contributed by atoms with Gasteiger partial charge in [-0.15, -0.1) is 0 Å². The van der Waals surface area contributed by atoms with Gasteiger partial charge in [0.25, 0.3) is 0 Å². The van der Waals surface area contributed by atoms with E-state index in [1.807, 2.05) is 7.05 Å². The summed E-state index contributed by atoms with van der Waals surface area (Å²) in [5, 5.41) is 3.55. The summed E-state index contributed by atoms with van der Waals surface area (Å²) >= 11 is 5.71. The Morgan fingerprint density at radius 1 is 1.47 bits per heavy atom. The molecule has 4 heteroatoms. The zero-order valence-corrected chi connectivity index (χ0v) is 11.1. The first-order chi connectivity index (χ1) is 8.17. The smallest absolute Gasteiger partial charge is 0.127 e. The molecule has 1 aromatic rings. The van der Waals surface area contributed by atoms with E-state index in [9.17, 15) is 4.39 Å². The lowest BCUT2D eigenvalue weighted by atomic mass is 10.1. The highest BCUT2D eigenvalue weighted by Crippen LogP contribution is 2.16. The van der Waals surface area contributed by atoms with E-state index < -0.39 is 0 Å². The third kappa shape index (κ3) is 5.02. The van der Waals surface area contributed by atoms with Crippen molar-refractivity contribution in [2.75, 3.05) is 20.3 Å². The quantitative estimate of drug-likeness (QED) is 0.760. The molecule has 0 aliphatic carbocycles. The molecule has 0 saturated carbocycles. The summed E-state index contributed by atoms with van der Waals surface area (Å²) in [5.41, 5.74) is 0.661. The molecule has 0 radical (unpaired) electrons. The molecule has 0 spiro atoms. The summed E-state index contributed by atoms with van der Waals surface area (Å²) in [5.74, 6) is -0.256. The Labute approximate surface area is 107 Å². The molecule has 0 heterocycles. The van der Waals surface area contributed by atoms with Crippen molar-refractivity contribution in [3.8, 4) is 0 Å². The second kappa shape index (κ2) is 7.64. The summed E-state index contributed by atoms with van der Waals surface area (Å²) in [6, 6.07) is 4.90. The number of halogens is 2. The van der Waals surface area contributed by atoms with Crippen LogP contribution >= 0.6 is 11.6 Å². The first-order valence-corrected chi connectivity index (χ1v) is 6.24. The van der Waals surface area contributed by atoms with Crippen LogP contribution in [0.4, 0.5) is 4.39 Å². The molecule has 1 unspecified atom stereocenters. The van der Waals surface area contributed by atoms with E-state index in [2.05, 4.69) is 12.2 Å². The van der Waals surface area contributed by atoms with Crippen molar-refractivity contribution in [3.05, 3.63) is 34.6 Å². The van der Waals surface area contributed by atoms with Gasteiger partial charge in [-0.1, -0.05) is 24.6 Å². The van der Waals surface area contributed by atoms with Crippen molar-refractivity contribution in [2.24, 2.45) is 0 Å². The fourth-order valence-corrected chi connectivity index (χ4v) is 1.73. The lowest BCUT2D eigenvalue weighted by Gasteiger charge is -2.16. The minimum Gasteiger partial charge on any atom is -0.380 e. The van der Waals surface area contributed by atoms with Crippen LogP contribution in [0.15, 0.2) is 18.2 Å². The predicted molar refractivity (Wildman–Crippen MR) is 69.1 cm³/mol. The van der Waals surface area contributed by atoms with Gasteiger partial charge in [-0.05, 0) is 37.6 Å².